The second kappa shape index (κ2) is 10.1. The minimum atomic E-state index is 0.663. The number of hydrogen-bond donors (Lipinski definition) is 2. The van der Waals surface area contributed by atoms with Gasteiger partial charge in [-0.25, -0.2) is 4.99 Å². The maximum absolute atomic E-state index is 4.81. The zero-order valence-corrected chi connectivity index (χ0v) is 18.5. The van der Waals surface area contributed by atoms with Crippen LogP contribution in [-0.4, -0.2) is 46.8 Å². The van der Waals surface area contributed by atoms with Gasteiger partial charge in [-0.15, -0.1) is 11.3 Å². The summed E-state index contributed by atoms with van der Waals surface area (Å²) in [5, 5.41) is 13.6. The van der Waals surface area contributed by atoms with Gasteiger partial charge in [0.1, 0.15) is 0 Å². The number of rotatable bonds is 7. The van der Waals surface area contributed by atoms with E-state index >= 15 is 0 Å². The maximum Gasteiger partial charge on any atom is 0.191 e. The number of nitrogens with zero attached hydrogens (tertiary/aromatic N) is 4. The van der Waals surface area contributed by atoms with E-state index in [1.54, 1.807) is 0 Å². The van der Waals surface area contributed by atoms with Gasteiger partial charge in [0.05, 0.1) is 12.2 Å². The van der Waals surface area contributed by atoms with Gasteiger partial charge in [-0.3, -0.25) is 9.58 Å². The standard InChI is InChI=1S/C21H34N6S/c1-5-22-21(24-13-20-16(2)25-26(4)17(20)3)23-12-18-8-6-10-27(14-18)15-19-9-7-11-28-19/h7,9,11,18H,5-6,8,10,12-15H2,1-4H3,(H2,22,23,24). The van der Waals surface area contributed by atoms with Gasteiger partial charge in [-0.1, -0.05) is 6.07 Å². The van der Waals surface area contributed by atoms with Crippen molar-refractivity contribution in [3.05, 3.63) is 39.3 Å². The Bertz CT molecular complexity index is 764. The van der Waals surface area contributed by atoms with E-state index in [0.717, 1.165) is 37.8 Å². The minimum absolute atomic E-state index is 0.663. The molecular formula is C21H34N6S. The first-order chi connectivity index (χ1) is 13.6. The number of aryl methyl sites for hydroxylation is 2. The number of nitrogens with one attached hydrogen (secondary N) is 2. The molecule has 1 saturated heterocycles. The quantitative estimate of drug-likeness (QED) is 0.552. The molecule has 3 heterocycles. The van der Waals surface area contributed by atoms with Crippen LogP contribution in [0.3, 0.4) is 0 Å². The molecule has 1 aliphatic rings. The predicted molar refractivity (Wildman–Crippen MR) is 118 cm³/mol. The molecule has 6 nitrogen and oxygen atoms in total. The number of guanidine groups is 1. The smallest absolute Gasteiger partial charge is 0.191 e. The summed E-state index contributed by atoms with van der Waals surface area (Å²) >= 11 is 1.86. The highest BCUT2D eigenvalue weighted by atomic mass is 32.1. The lowest BCUT2D eigenvalue weighted by atomic mass is 9.98. The van der Waals surface area contributed by atoms with Crippen molar-refractivity contribution in [1.82, 2.24) is 25.3 Å². The molecule has 2 aromatic heterocycles. The van der Waals surface area contributed by atoms with E-state index in [0.29, 0.717) is 12.5 Å². The zero-order valence-electron chi connectivity index (χ0n) is 17.7. The van der Waals surface area contributed by atoms with Crippen LogP contribution in [0.1, 0.15) is 41.6 Å². The molecular weight excluding hydrogens is 368 g/mol. The Labute approximate surface area is 173 Å². The Kier molecular flexibility index (Phi) is 7.50. The van der Waals surface area contributed by atoms with Crippen molar-refractivity contribution in [2.75, 3.05) is 26.2 Å². The van der Waals surface area contributed by atoms with Crippen molar-refractivity contribution in [1.29, 1.82) is 0 Å². The summed E-state index contributed by atoms with van der Waals surface area (Å²) in [5.41, 5.74) is 3.48. The second-order valence-corrected chi connectivity index (χ2v) is 8.70. The summed E-state index contributed by atoms with van der Waals surface area (Å²) < 4.78 is 1.94. The minimum Gasteiger partial charge on any atom is -0.357 e. The molecule has 1 atom stereocenters. The molecule has 1 unspecified atom stereocenters. The first-order valence-corrected chi connectivity index (χ1v) is 11.2. The van der Waals surface area contributed by atoms with Crippen molar-refractivity contribution in [3.8, 4) is 0 Å². The lowest BCUT2D eigenvalue weighted by Gasteiger charge is -2.32. The Morgan fingerprint density at radius 3 is 2.89 bits per heavy atom. The third-order valence-electron chi connectivity index (χ3n) is 5.52. The van der Waals surface area contributed by atoms with Crippen LogP contribution in [0, 0.1) is 19.8 Å². The summed E-state index contributed by atoms with van der Waals surface area (Å²) in [6, 6.07) is 4.39. The number of aliphatic imine (C=N–C) groups is 1. The number of likely N-dealkylation sites (tertiary alicyclic amines) is 1. The van der Waals surface area contributed by atoms with E-state index in [-0.39, 0.29) is 0 Å². The Morgan fingerprint density at radius 1 is 1.36 bits per heavy atom. The molecule has 2 aromatic rings. The largest absolute Gasteiger partial charge is 0.357 e. The lowest BCUT2D eigenvalue weighted by molar-refractivity contribution is 0.169. The third-order valence-corrected chi connectivity index (χ3v) is 6.38. The fraction of sp³-hybridized carbons (Fsp3) is 0.619. The number of piperidine rings is 1. The zero-order chi connectivity index (χ0) is 19.9. The molecule has 0 saturated carbocycles. The maximum atomic E-state index is 4.81. The fourth-order valence-corrected chi connectivity index (χ4v) is 4.62. The van der Waals surface area contributed by atoms with E-state index in [1.807, 2.05) is 23.1 Å². The van der Waals surface area contributed by atoms with E-state index in [1.165, 1.54) is 35.5 Å². The van der Waals surface area contributed by atoms with Gasteiger partial charge in [-0.05, 0) is 57.5 Å². The summed E-state index contributed by atoms with van der Waals surface area (Å²) in [7, 11) is 1.99. The van der Waals surface area contributed by atoms with Crippen LogP contribution in [-0.2, 0) is 20.1 Å². The van der Waals surface area contributed by atoms with Gasteiger partial charge in [0.2, 0.25) is 0 Å². The number of aromatic nitrogens is 2. The number of thiophene rings is 1. The molecule has 154 valence electrons. The van der Waals surface area contributed by atoms with Crippen LogP contribution in [0.5, 0.6) is 0 Å². The van der Waals surface area contributed by atoms with Crippen molar-refractivity contribution >= 4 is 17.3 Å². The molecule has 0 aromatic carbocycles. The molecule has 28 heavy (non-hydrogen) atoms. The summed E-state index contributed by atoms with van der Waals surface area (Å²) in [6.07, 6.45) is 2.56. The van der Waals surface area contributed by atoms with Gasteiger partial charge >= 0.3 is 0 Å². The Balaban J connectivity index is 1.53. The van der Waals surface area contributed by atoms with E-state index in [4.69, 9.17) is 4.99 Å². The van der Waals surface area contributed by atoms with Crippen LogP contribution in [0.4, 0.5) is 0 Å². The molecule has 7 heteroatoms. The van der Waals surface area contributed by atoms with Gasteiger partial charge < -0.3 is 10.6 Å². The SMILES string of the molecule is CCNC(=NCc1c(C)nn(C)c1C)NCC1CCCN(Cc2cccs2)C1. The summed E-state index contributed by atoms with van der Waals surface area (Å²) in [5.74, 6) is 1.57. The van der Waals surface area contributed by atoms with Crippen molar-refractivity contribution in [3.63, 3.8) is 0 Å². The second-order valence-electron chi connectivity index (χ2n) is 7.67. The molecule has 0 bridgehead atoms. The molecule has 1 fully saturated rings. The van der Waals surface area contributed by atoms with Gasteiger partial charge in [-0.2, -0.15) is 5.10 Å². The predicted octanol–water partition coefficient (Wildman–Crippen LogP) is 3.07. The van der Waals surface area contributed by atoms with Gasteiger partial charge in [0, 0.05) is 49.4 Å². The first-order valence-electron chi connectivity index (χ1n) is 10.3. The van der Waals surface area contributed by atoms with Crippen LogP contribution < -0.4 is 10.6 Å². The van der Waals surface area contributed by atoms with Gasteiger partial charge in [0.15, 0.2) is 5.96 Å². The van der Waals surface area contributed by atoms with Crippen molar-refractivity contribution in [2.24, 2.45) is 18.0 Å². The lowest BCUT2D eigenvalue weighted by Crippen LogP contribution is -2.44. The average molecular weight is 403 g/mol. The molecule has 0 amide bonds. The topological polar surface area (TPSA) is 57.5 Å². The monoisotopic (exact) mass is 402 g/mol. The van der Waals surface area contributed by atoms with E-state index < -0.39 is 0 Å². The summed E-state index contributed by atoms with van der Waals surface area (Å²) in [6.45, 7) is 12.2. The highest BCUT2D eigenvalue weighted by Gasteiger charge is 2.20. The highest BCUT2D eigenvalue weighted by Crippen LogP contribution is 2.20. The van der Waals surface area contributed by atoms with E-state index in [2.05, 4.69) is 58.9 Å². The van der Waals surface area contributed by atoms with Crippen LogP contribution in [0.15, 0.2) is 22.5 Å². The Hall–Kier alpha value is -1.86. The highest BCUT2D eigenvalue weighted by molar-refractivity contribution is 7.09. The van der Waals surface area contributed by atoms with Crippen LogP contribution in [0.2, 0.25) is 0 Å². The van der Waals surface area contributed by atoms with Crippen LogP contribution >= 0.6 is 11.3 Å². The van der Waals surface area contributed by atoms with E-state index in [9.17, 15) is 0 Å². The van der Waals surface area contributed by atoms with Gasteiger partial charge in [0.25, 0.3) is 0 Å². The summed E-state index contributed by atoms with van der Waals surface area (Å²) in [4.78, 5) is 8.87. The molecule has 2 N–H and O–H groups in total. The number of hydrogen-bond acceptors (Lipinski definition) is 4. The molecule has 3 rings (SSSR count). The molecule has 0 aliphatic carbocycles. The van der Waals surface area contributed by atoms with Crippen LogP contribution in [0.25, 0.3) is 0 Å². The fourth-order valence-electron chi connectivity index (χ4n) is 3.87. The Morgan fingerprint density at radius 2 is 2.21 bits per heavy atom. The third kappa shape index (κ3) is 5.58. The molecule has 0 spiro atoms. The average Bonchev–Trinajstić information content (AvgIpc) is 3.27. The molecule has 0 radical (unpaired) electrons. The van der Waals surface area contributed by atoms with Crippen molar-refractivity contribution in [2.45, 2.75) is 46.7 Å². The molecule has 1 aliphatic heterocycles. The van der Waals surface area contributed by atoms with Crippen molar-refractivity contribution < 1.29 is 0 Å². The normalized spacial score (nSPS) is 18.4. The first kappa shape index (κ1) is 20.9.